The van der Waals surface area contributed by atoms with Crippen molar-refractivity contribution in [1.82, 2.24) is 4.98 Å². The molecule has 0 spiro atoms. The quantitative estimate of drug-likeness (QED) is 0.304. The molecule has 0 aliphatic rings. The van der Waals surface area contributed by atoms with E-state index >= 15 is 0 Å². The van der Waals surface area contributed by atoms with E-state index in [1.165, 1.54) is 11.3 Å². The van der Waals surface area contributed by atoms with Crippen LogP contribution in [0.4, 0.5) is 10.7 Å². The molecular weight excluding hydrogens is 477 g/mol. The summed E-state index contributed by atoms with van der Waals surface area (Å²) in [6, 6.07) is 13.9. The molecule has 0 bridgehead atoms. The van der Waals surface area contributed by atoms with Crippen LogP contribution in [0, 0.1) is 0 Å². The van der Waals surface area contributed by atoms with Crippen LogP contribution < -0.4 is 14.8 Å². The molecule has 1 unspecified atom stereocenters. The first kappa shape index (κ1) is 23.7. The average molecular weight is 500 g/mol. The molecule has 1 atom stereocenters. The van der Waals surface area contributed by atoms with Gasteiger partial charge in [-0.15, -0.1) is 34.5 Å². The van der Waals surface area contributed by atoms with Crippen LogP contribution in [0.2, 0.25) is 0 Å². The molecule has 6 nitrogen and oxygen atoms in total. The van der Waals surface area contributed by atoms with Gasteiger partial charge in [0.05, 0.1) is 5.00 Å². The van der Waals surface area contributed by atoms with Crippen molar-refractivity contribution in [3.63, 3.8) is 0 Å². The number of nitrogen functional groups attached to an aromatic ring is 1. The number of halogens is 2. The van der Waals surface area contributed by atoms with E-state index in [1.807, 2.05) is 11.0 Å². The third kappa shape index (κ3) is 6.26. The first-order valence-corrected chi connectivity index (χ1v) is 13.0. The summed E-state index contributed by atoms with van der Waals surface area (Å²) in [5.41, 5.74) is 8.09. The zero-order chi connectivity index (χ0) is 22.3. The van der Waals surface area contributed by atoms with E-state index in [9.17, 15) is 8.42 Å². The monoisotopic (exact) mass is 499 g/mol. The second-order valence-corrected chi connectivity index (χ2v) is 10.1. The van der Waals surface area contributed by atoms with Gasteiger partial charge in [0, 0.05) is 54.4 Å². The fourth-order valence-electron chi connectivity index (χ4n) is 3.15. The molecule has 0 radical (unpaired) electrons. The second kappa shape index (κ2) is 11.0. The lowest BCUT2D eigenvalue weighted by atomic mass is 10.1. The molecule has 2 N–H and O–H groups in total. The zero-order valence-electron chi connectivity index (χ0n) is 16.7. The van der Waals surface area contributed by atoms with Crippen molar-refractivity contribution < 1.29 is 12.6 Å². The standard InChI is InChI=1S/C21H23Cl2N3O3S2/c22-9-12-26(13-10-23)17-4-6-18(7-5-17)29-31(27,28)20(19-8-14-30-21(19)24)15-16-3-1-2-11-25-16/h1-8,11,14,20H,9-10,12-13,15,24H2. The third-order valence-electron chi connectivity index (χ3n) is 4.67. The van der Waals surface area contributed by atoms with Gasteiger partial charge in [-0.3, -0.25) is 4.98 Å². The molecular formula is C21H23Cl2N3O3S2. The van der Waals surface area contributed by atoms with E-state index in [1.54, 1.807) is 54.0 Å². The van der Waals surface area contributed by atoms with Crippen LogP contribution in [-0.2, 0) is 16.5 Å². The first-order valence-electron chi connectivity index (χ1n) is 9.57. The van der Waals surface area contributed by atoms with Gasteiger partial charge >= 0.3 is 10.1 Å². The Morgan fingerprint density at radius 1 is 1.06 bits per heavy atom. The average Bonchev–Trinajstić information content (AvgIpc) is 3.18. The third-order valence-corrected chi connectivity index (χ3v) is 7.31. The Balaban J connectivity index is 1.84. The maximum absolute atomic E-state index is 13.2. The van der Waals surface area contributed by atoms with Crippen LogP contribution in [0.5, 0.6) is 5.75 Å². The number of anilines is 2. The largest absolute Gasteiger partial charge is 0.390 e. The number of benzene rings is 1. The van der Waals surface area contributed by atoms with Crippen molar-refractivity contribution in [3.05, 3.63) is 71.4 Å². The maximum atomic E-state index is 13.2. The number of pyridine rings is 1. The van der Waals surface area contributed by atoms with Crippen LogP contribution >= 0.6 is 34.5 Å². The Hall–Kier alpha value is -2.00. The van der Waals surface area contributed by atoms with Crippen molar-refractivity contribution in [2.75, 3.05) is 35.5 Å². The predicted molar refractivity (Wildman–Crippen MR) is 129 cm³/mol. The zero-order valence-corrected chi connectivity index (χ0v) is 19.8. The second-order valence-electron chi connectivity index (χ2n) is 6.69. The summed E-state index contributed by atoms with van der Waals surface area (Å²) in [6.45, 7) is 1.27. The molecule has 0 saturated heterocycles. The predicted octanol–water partition coefficient (Wildman–Crippen LogP) is 4.70. The molecule has 3 aromatic rings. The van der Waals surface area contributed by atoms with E-state index in [0.717, 1.165) is 5.69 Å². The highest BCUT2D eigenvalue weighted by molar-refractivity contribution is 7.87. The van der Waals surface area contributed by atoms with E-state index in [4.69, 9.17) is 33.1 Å². The topological polar surface area (TPSA) is 85.5 Å². The number of aromatic nitrogens is 1. The highest BCUT2D eigenvalue weighted by atomic mass is 35.5. The summed E-state index contributed by atoms with van der Waals surface area (Å²) >= 11 is 13.0. The minimum atomic E-state index is -4.04. The highest BCUT2D eigenvalue weighted by Gasteiger charge is 2.32. The number of nitrogens with two attached hydrogens (primary N) is 1. The molecule has 31 heavy (non-hydrogen) atoms. The SMILES string of the molecule is Nc1sccc1C(Cc1ccccn1)S(=O)(=O)Oc1ccc(N(CCCl)CCCl)cc1. The minimum absolute atomic E-state index is 0.154. The van der Waals surface area contributed by atoms with Crippen LogP contribution in [0.25, 0.3) is 0 Å². The van der Waals surface area contributed by atoms with Gasteiger partial charge in [-0.25, -0.2) is 0 Å². The number of nitrogens with zero attached hydrogens (tertiary/aromatic N) is 2. The van der Waals surface area contributed by atoms with Crippen LogP contribution in [0.1, 0.15) is 16.5 Å². The molecule has 0 saturated carbocycles. The van der Waals surface area contributed by atoms with Gasteiger partial charge in [-0.2, -0.15) is 8.42 Å². The maximum Gasteiger partial charge on any atom is 0.316 e. The lowest BCUT2D eigenvalue weighted by Gasteiger charge is -2.23. The lowest BCUT2D eigenvalue weighted by Crippen LogP contribution is -2.27. The van der Waals surface area contributed by atoms with Crippen LogP contribution in [0.15, 0.2) is 60.1 Å². The Morgan fingerprint density at radius 2 is 1.77 bits per heavy atom. The lowest BCUT2D eigenvalue weighted by molar-refractivity contribution is 0.471. The molecule has 166 valence electrons. The number of hydrogen-bond donors (Lipinski definition) is 1. The van der Waals surface area contributed by atoms with Gasteiger partial charge in [0.2, 0.25) is 0 Å². The molecule has 0 amide bonds. The van der Waals surface area contributed by atoms with Gasteiger partial charge in [0.25, 0.3) is 0 Å². The molecule has 2 heterocycles. The van der Waals surface area contributed by atoms with Crippen molar-refractivity contribution in [2.45, 2.75) is 11.7 Å². The Bertz CT molecular complexity index is 1050. The van der Waals surface area contributed by atoms with Crippen molar-refractivity contribution in [2.24, 2.45) is 0 Å². The van der Waals surface area contributed by atoms with Gasteiger partial charge in [0.15, 0.2) is 0 Å². The van der Waals surface area contributed by atoms with Gasteiger partial charge in [0.1, 0.15) is 11.0 Å². The van der Waals surface area contributed by atoms with E-state index < -0.39 is 15.4 Å². The molecule has 1 aromatic carbocycles. The molecule has 10 heteroatoms. The van der Waals surface area contributed by atoms with Crippen molar-refractivity contribution in [3.8, 4) is 5.75 Å². The summed E-state index contributed by atoms with van der Waals surface area (Å²) in [7, 11) is -4.04. The summed E-state index contributed by atoms with van der Waals surface area (Å²) < 4.78 is 32.0. The van der Waals surface area contributed by atoms with Crippen LogP contribution in [0.3, 0.4) is 0 Å². The Morgan fingerprint density at radius 3 is 2.32 bits per heavy atom. The number of thiophene rings is 1. The van der Waals surface area contributed by atoms with E-state index in [-0.39, 0.29) is 12.2 Å². The number of hydrogen-bond acceptors (Lipinski definition) is 7. The van der Waals surface area contributed by atoms with Crippen molar-refractivity contribution >= 4 is 55.3 Å². The fourth-order valence-corrected chi connectivity index (χ4v) is 5.73. The van der Waals surface area contributed by atoms with E-state index in [2.05, 4.69) is 4.98 Å². The Kier molecular flexibility index (Phi) is 8.43. The van der Waals surface area contributed by atoms with Gasteiger partial charge < -0.3 is 14.8 Å². The van der Waals surface area contributed by atoms with E-state index in [0.29, 0.717) is 41.1 Å². The smallest absolute Gasteiger partial charge is 0.316 e. The highest BCUT2D eigenvalue weighted by Crippen LogP contribution is 2.35. The number of rotatable bonds is 11. The van der Waals surface area contributed by atoms with Gasteiger partial charge in [-0.1, -0.05) is 6.07 Å². The summed E-state index contributed by atoms with van der Waals surface area (Å²) in [5.74, 6) is 1.14. The summed E-state index contributed by atoms with van der Waals surface area (Å²) in [4.78, 5) is 6.28. The molecule has 0 aliphatic heterocycles. The summed E-state index contributed by atoms with van der Waals surface area (Å²) in [6.07, 6.45) is 1.78. The normalized spacial score (nSPS) is 12.5. The Labute approximate surface area is 196 Å². The van der Waals surface area contributed by atoms with Crippen molar-refractivity contribution in [1.29, 1.82) is 0 Å². The number of alkyl halides is 2. The van der Waals surface area contributed by atoms with Gasteiger partial charge in [-0.05, 0) is 47.8 Å². The molecule has 2 aromatic heterocycles. The minimum Gasteiger partial charge on any atom is -0.390 e. The fraction of sp³-hybridized carbons (Fsp3) is 0.286. The first-order chi connectivity index (χ1) is 14.9. The molecule has 0 fully saturated rings. The molecule has 0 aliphatic carbocycles. The van der Waals surface area contributed by atoms with Crippen LogP contribution in [-0.4, -0.2) is 38.3 Å². The molecule has 3 rings (SSSR count). The summed E-state index contributed by atoms with van der Waals surface area (Å²) in [5, 5.41) is 1.24.